The van der Waals surface area contributed by atoms with Crippen LogP contribution in [0.15, 0.2) is 53.4 Å². The van der Waals surface area contributed by atoms with Gasteiger partial charge >= 0.3 is 0 Å². The van der Waals surface area contributed by atoms with Gasteiger partial charge in [-0.1, -0.05) is 24.3 Å². The summed E-state index contributed by atoms with van der Waals surface area (Å²) in [5.74, 6) is -1.01. The standard InChI is InChI=1S/C17H17FN2O3S/c1-12-11-17(21)19(2)14-8-4-5-9-15(14)20(12)24(22,23)16-10-6-3-7-13(16)18/h3-10,12H,11H2,1-2H3/t12-/m1/s1. The van der Waals surface area contributed by atoms with E-state index in [0.29, 0.717) is 11.4 Å². The van der Waals surface area contributed by atoms with Crippen molar-refractivity contribution in [2.24, 2.45) is 0 Å². The molecule has 0 aromatic heterocycles. The van der Waals surface area contributed by atoms with E-state index in [1.54, 1.807) is 38.2 Å². The molecule has 1 amide bonds. The number of para-hydroxylation sites is 2. The quantitative estimate of drug-likeness (QED) is 0.838. The first-order chi connectivity index (χ1) is 11.3. The average molecular weight is 348 g/mol. The summed E-state index contributed by atoms with van der Waals surface area (Å²) in [5.41, 5.74) is 0.841. The summed E-state index contributed by atoms with van der Waals surface area (Å²) in [5, 5.41) is 0. The molecule has 2 aromatic rings. The number of fused-ring (bicyclic) bond motifs is 1. The molecule has 24 heavy (non-hydrogen) atoms. The summed E-state index contributed by atoms with van der Waals surface area (Å²) in [6.45, 7) is 1.65. The second-order valence-electron chi connectivity index (χ2n) is 5.73. The molecule has 2 aromatic carbocycles. The molecule has 0 bridgehead atoms. The van der Waals surface area contributed by atoms with Gasteiger partial charge in [-0.05, 0) is 31.2 Å². The van der Waals surface area contributed by atoms with E-state index < -0.39 is 26.8 Å². The van der Waals surface area contributed by atoms with Gasteiger partial charge in [-0.2, -0.15) is 0 Å². The molecule has 7 heteroatoms. The summed E-state index contributed by atoms with van der Waals surface area (Å²) < 4.78 is 41.5. The van der Waals surface area contributed by atoms with E-state index in [2.05, 4.69) is 0 Å². The lowest BCUT2D eigenvalue weighted by atomic mass is 10.2. The molecule has 5 nitrogen and oxygen atoms in total. The van der Waals surface area contributed by atoms with Gasteiger partial charge < -0.3 is 4.90 Å². The molecular weight excluding hydrogens is 331 g/mol. The highest BCUT2D eigenvalue weighted by Crippen LogP contribution is 2.38. The van der Waals surface area contributed by atoms with Crippen molar-refractivity contribution in [1.29, 1.82) is 0 Å². The van der Waals surface area contributed by atoms with Crippen molar-refractivity contribution in [1.82, 2.24) is 0 Å². The maximum Gasteiger partial charge on any atom is 0.267 e. The Balaban J connectivity index is 2.24. The fourth-order valence-corrected chi connectivity index (χ4v) is 4.64. The molecule has 0 saturated carbocycles. The predicted molar refractivity (Wildman–Crippen MR) is 90.0 cm³/mol. The van der Waals surface area contributed by atoms with Crippen LogP contribution in [0.1, 0.15) is 13.3 Å². The van der Waals surface area contributed by atoms with E-state index >= 15 is 0 Å². The zero-order valence-electron chi connectivity index (χ0n) is 13.3. The second-order valence-corrected chi connectivity index (χ2v) is 7.51. The molecule has 0 unspecified atom stereocenters. The number of nitrogens with zero attached hydrogens (tertiary/aromatic N) is 2. The molecule has 1 aliphatic heterocycles. The third kappa shape index (κ3) is 2.54. The van der Waals surface area contributed by atoms with Crippen LogP contribution in [0.4, 0.5) is 15.8 Å². The number of sulfonamides is 1. The normalized spacial score (nSPS) is 18.3. The average Bonchev–Trinajstić information content (AvgIpc) is 2.63. The number of hydrogen-bond acceptors (Lipinski definition) is 3. The minimum atomic E-state index is -4.15. The number of rotatable bonds is 2. The summed E-state index contributed by atoms with van der Waals surface area (Å²) in [7, 11) is -2.54. The highest BCUT2D eigenvalue weighted by atomic mass is 32.2. The van der Waals surface area contributed by atoms with Crippen molar-refractivity contribution in [3.05, 3.63) is 54.3 Å². The van der Waals surface area contributed by atoms with Gasteiger partial charge in [0.05, 0.1) is 17.4 Å². The Bertz CT molecular complexity index is 898. The van der Waals surface area contributed by atoms with Crippen molar-refractivity contribution in [2.75, 3.05) is 16.3 Å². The monoisotopic (exact) mass is 348 g/mol. The first-order valence-electron chi connectivity index (χ1n) is 7.48. The molecule has 3 rings (SSSR count). The van der Waals surface area contributed by atoms with Crippen molar-refractivity contribution >= 4 is 27.3 Å². The van der Waals surface area contributed by atoms with Gasteiger partial charge in [-0.3, -0.25) is 9.10 Å². The van der Waals surface area contributed by atoms with Crippen LogP contribution >= 0.6 is 0 Å². The molecule has 0 N–H and O–H groups in total. The molecule has 0 aliphatic carbocycles. The lowest BCUT2D eigenvalue weighted by Crippen LogP contribution is -2.39. The third-order valence-electron chi connectivity index (χ3n) is 4.10. The zero-order chi connectivity index (χ0) is 17.5. The van der Waals surface area contributed by atoms with Crippen LogP contribution in [-0.4, -0.2) is 27.4 Å². The first kappa shape index (κ1) is 16.4. The topological polar surface area (TPSA) is 57.7 Å². The van der Waals surface area contributed by atoms with Gasteiger partial charge in [0.2, 0.25) is 5.91 Å². The zero-order valence-corrected chi connectivity index (χ0v) is 14.1. The van der Waals surface area contributed by atoms with E-state index in [-0.39, 0.29) is 12.3 Å². The molecule has 1 heterocycles. The number of hydrogen-bond donors (Lipinski definition) is 0. The summed E-state index contributed by atoms with van der Waals surface area (Å²) >= 11 is 0. The number of carbonyl (C=O) groups excluding carboxylic acids is 1. The Morgan fingerprint density at radius 1 is 1.04 bits per heavy atom. The fourth-order valence-electron chi connectivity index (χ4n) is 2.90. The van der Waals surface area contributed by atoms with E-state index in [1.807, 2.05) is 0 Å². The fraction of sp³-hybridized carbons (Fsp3) is 0.235. The van der Waals surface area contributed by atoms with Crippen LogP contribution in [-0.2, 0) is 14.8 Å². The molecule has 1 atom stereocenters. The van der Waals surface area contributed by atoms with Crippen LogP contribution in [0.3, 0.4) is 0 Å². The molecular formula is C17H17FN2O3S. The summed E-state index contributed by atoms with van der Waals surface area (Å²) in [6, 6.07) is 11.3. The maximum atomic E-state index is 14.1. The van der Waals surface area contributed by atoms with Crippen molar-refractivity contribution < 1.29 is 17.6 Å². The van der Waals surface area contributed by atoms with Crippen LogP contribution < -0.4 is 9.21 Å². The van der Waals surface area contributed by atoms with E-state index in [9.17, 15) is 17.6 Å². The van der Waals surface area contributed by atoms with Gasteiger partial charge in [0.15, 0.2) is 0 Å². The van der Waals surface area contributed by atoms with Crippen molar-refractivity contribution in [2.45, 2.75) is 24.3 Å². The molecule has 1 aliphatic rings. The highest BCUT2D eigenvalue weighted by Gasteiger charge is 2.37. The number of carbonyl (C=O) groups is 1. The van der Waals surface area contributed by atoms with Crippen LogP contribution in [0.2, 0.25) is 0 Å². The minimum absolute atomic E-state index is 0.0128. The maximum absolute atomic E-state index is 14.1. The number of benzene rings is 2. The van der Waals surface area contributed by atoms with Gasteiger partial charge in [0.1, 0.15) is 10.7 Å². The lowest BCUT2D eigenvalue weighted by molar-refractivity contribution is -0.118. The Morgan fingerprint density at radius 2 is 1.62 bits per heavy atom. The molecule has 0 fully saturated rings. The summed E-state index contributed by atoms with van der Waals surface area (Å²) in [6.07, 6.45) is 0.0128. The third-order valence-corrected chi connectivity index (χ3v) is 6.06. The Morgan fingerprint density at radius 3 is 2.29 bits per heavy atom. The second kappa shape index (κ2) is 5.90. The van der Waals surface area contributed by atoms with Gasteiger partial charge in [0, 0.05) is 13.5 Å². The van der Waals surface area contributed by atoms with Crippen molar-refractivity contribution in [3.63, 3.8) is 0 Å². The minimum Gasteiger partial charge on any atom is -0.313 e. The van der Waals surface area contributed by atoms with Crippen LogP contribution in [0.25, 0.3) is 0 Å². The van der Waals surface area contributed by atoms with Gasteiger partial charge in [-0.25, -0.2) is 12.8 Å². The number of amides is 1. The Labute approximate surface area is 140 Å². The SMILES string of the molecule is C[C@@H]1CC(=O)N(C)c2ccccc2N1S(=O)(=O)c1ccccc1F. The smallest absolute Gasteiger partial charge is 0.267 e. The molecule has 126 valence electrons. The Hall–Kier alpha value is -2.41. The Kier molecular flexibility index (Phi) is 4.04. The van der Waals surface area contributed by atoms with Crippen LogP contribution in [0, 0.1) is 5.82 Å². The largest absolute Gasteiger partial charge is 0.313 e. The predicted octanol–water partition coefficient (Wildman–Crippen LogP) is 2.78. The highest BCUT2D eigenvalue weighted by molar-refractivity contribution is 7.92. The first-order valence-corrected chi connectivity index (χ1v) is 8.92. The van der Waals surface area contributed by atoms with E-state index in [0.717, 1.165) is 10.4 Å². The van der Waals surface area contributed by atoms with Crippen LogP contribution in [0.5, 0.6) is 0 Å². The molecule has 0 radical (unpaired) electrons. The van der Waals surface area contributed by atoms with E-state index in [1.165, 1.54) is 23.1 Å². The van der Waals surface area contributed by atoms with Gasteiger partial charge in [-0.15, -0.1) is 0 Å². The summed E-state index contributed by atoms with van der Waals surface area (Å²) in [4.78, 5) is 13.3. The lowest BCUT2D eigenvalue weighted by Gasteiger charge is -2.29. The van der Waals surface area contributed by atoms with Gasteiger partial charge in [0.25, 0.3) is 10.0 Å². The molecule has 0 saturated heterocycles. The number of anilines is 2. The molecule has 0 spiro atoms. The van der Waals surface area contributed by atoms with E-state index in [4.69, 9.17) is 0 Å². The number of halogens is 1. The van der Waals surface area contributed by atoms with Crippen molar-refractivity contribution in [3.8, 4) is 0 Å².